The number of ether oxygens (including phenoxy) is 1. The topological polar surface area (TPSA) is 84.5 Å². The van der Waals surface area contributed by atoms with Crippen molar-refractivity contribution in [2.75, 3.05) is 18.5 Å². The molecule has 0 aliphatic carbocycles. The standard InChI is InChI=1S/C17H24N2O4/c1-4-7-16(21)23-11-15(20)19-14-9-6-5-8-13(14)17(22)18-10-12(2)3/h5-6,8-9,12H,4,7,10-11H2,1-3H3,(H,18,22)(H,19,20). The van der Waals surface area contributed by atoms with Crippen LogP contribution in [0.3, 0.4) is 0 Å². The van der Waals surface area contributed by atoms with Gasteiger partial charge in [0.2, 0.25) is 0 Å². The highest BCUT2D eigenvalue weighted by Gasteiger charge is 2.14. The average Bonchev–Trinajstić information content (AvgIpc) is 2.51. The van der Waals surface area contributed by atoms with Crippen molar-refractivity contribution in [3.63, 3.8) is 0 Å². The zero-order valence-corrected chi connectivity index (χ0v) is 13.8. The number of carbonyl (C=O) groups is 3. The van der Waals surface area contributed by atoms with E-state index in [0.717, 1.165) is 0 Å². The van der Waals surface area contributed by atoms with Gasteiger partial charge in [0.1, 0.15) is 0 Å². The summed E-state index contributed by atoms with van der Waals surface area (Å²) in [4.78, 5) is 35.3. The van der Waals surface area contributed by atoms with E-state index in [1.54, 1.807) is 24.3 Å². The maximum Gasteiger partial charge on any atom is 0.306 e. The minimum absolute atomic E-state index is 0.252. The number of para-hydroxylation sites is 1. The predicted molar refractivity (Wildman–Crippen MR) is 88.1 cm³/mol. The van der Waals surface area contributed by atoms with Crippen LogP contribution in [0.15, 0.2) is 24.3 Å². The third-order valence-electron chi connectivity index (χ3n) is 2.94. The molecule has 23 heavy (non-hydrogen) atoms. The van der Waals surface area contributed by atoms with Gasteiger partial charge >= 0.3 is 5.97 Å². The highest BCUT2D eigenvalue weighted by Crippen LogP contribution is 2.15. The van der Waals surface area contributed by atoms with E-state index in [-0.39, 0.29) is 18.9 Å². The van der Waals surface area contributed by atoms with Crippen LogP contribution >= 0.6 is 0 Å². The molecule has 1 aromatic carbocycles. The summed E-state index contributed by atoms with van der Waals surface area (Å²) < 4.78 is 4.84. The third-order valence-corrected chi connectivity index (χ3v) is 2.94. The molecule has 1 rings (SSSR count). The van der Waals surface area contributed by atoms with E-state index in [4.69, 9.17) is 4.74 Å². The molecular weight excluding hydrogens is 296 g/mol. The van der Waals surface area contributed by atoms with Gasteiger partial charge < -0.3 is 15.4 Å². The molecular formula is C17H24N2O4. The largest absolute Gasteiger partial charge is 0.456 e. The molecule has 0 heterocycles. The second kappa shape index (κ2) is 9.61. The van der Waals surface area contributed by atoms with Crippen LogP contribution < -0.4 is 10.6 Å². The summed E-state index contributed by atoms with van der Waals surface area (Å²) in [6.45, 7) is 6.04. The highest BCUT2D eigenvalue weighted by atomic mass is 16.5. The molecule has 0 spiro atoms. The van der Waals surface area contributed by atoms with E-state index >= 15 is 0 Å². The number of anilines is 1. The number of benzene rings is 1. The molecule has 0 aromatic heterocycles. The molecule has 0 atom stereocenters. The van der Waals surface area contributed by atoms with E-state index in [1.807, 2.05) is 20.8 Å². The van der Waals surface area contributed by atoms with Gasteiger partial charge in [-0.3, -0.25) is 14.4 Å². The molecule has 0 unspecified atom stereocenters. The fourth-order valence-corrected chi connectivity index (χ4v) is 1.79. The Morgan fingerprint density at radius 2 is 1.87 bits per heavy atom. The van der Waals surface area contributed by atoms with Gasteiger partial charge in [-0.05, 0) is 24.5 Å². The summed E-state index contributed by atoms with van der Waals surface area (Å²) >= 11 is 0. The van der Waals surface area contributed by atoms with E-state index in [0.29, 0.717) is 30.1 Å². The quantitative estimate of drug-likeness (QED) is 0.720. The van der Waals surface area contributed by atoms with Crippen molar-refractivity contribution in [3.05, 3.63) is 29.8 Å². The maximum absolute atomic E-state index is 12.2. The number of rotatable bonds is 8. The molecule has 0 aliphatic heterocycles. The average molecular weight is 320 g/mol. The number of hydrogen-bond acceptors (Lipinski definition) is 4. The lowest BCUT2D eigenvalue weighted by molar-refractivity contribution is -0.147. The van der Waals surface area contributed by atoms with Gasteiger partial charge in [0.05, 0.1) is 11.3 Å². The Labute approximate surface area is 136 Å². The first-order valence-corrected chi connectivity index (χ1v) is 7.76. The van der Waals surface area contributed by atoms with Crippen LogP contribution in [0.2, 0.25) is 0 Å². The van der Waals surface area contributed by atoms with Gasteiger partial charge in [-0.1, -0.05) is 32.9 Å². The van der Waals surface area contributed by atoms with Crippen LogP contribution in [0.1, 0.15) is 44.0 Å². The Hall–Kier alpha value is -2.37. The van der Waals surface area contributed by atoms with E-state index in [9.17, 15) is 14.4 Å². The zero-order chi connectivity index (χ0) is 17.2. The minimum Gasteiger partial charge on any atom is -0.456 e. The molecule has 1 aromatic rings. The molecule has 0 saturated heterocycles. The monoisotopic (exact) mass is 320 g/mol. The summed E-state index contributed by atoms with van der Waals surface area (Å²) in [5.74, 6) is -0.805. The van der Waals surface area contributed by atoms with Gasteiger partial charge in [-0.15, -0.1) is 0 Å². The maximum atomic E-state index is 12.2. The lowest BCUT2D eigenvalue weighted by atomic mass is 10.1. The minimum atomic E-state index is -0.474. The molecule has 6 heteroatoms. The second-order valence-electron chi connectivity index (χ2n) is 5.61. The number of amides is 2. The molecule has 6 nitrogen and oxygen atoms in total. The molecule has 0 fully saturated rings. The third kappa shape index (κ3) is 6.95. The Balaban J connectivity index is 2.64. The van der Waals surface area contributed by atoms with Crippen molar-refractivity contribution in [1.82, 2.24) is 5.32 Å². The van der Waals surface area contributed by atoms with E-state index in [1.165, 1.54) is 0 Å². The first kappa shape index (κ1) is 18.7. The zero-order valence-electron chi connectivity index (χ0n) is 13.8. The Morgan fingerprint density at radius 1 is 1.17 bits per heavy atom. The fraction of sp³-hybridized carbons (Fsp3) is 0.471. The SMILES string of the molecule is CCCC(=O)OCC(=O)Nc1ccccc1C(=O)NCC(C)C. The molecule has 126 valence electrons. The number of carbonyl (C=O) groups excluding carboxylic acids is 3. The van der Waals surface area contributed by atoms with Crippen LogP contribution in [0, 0.1) is 5.92 Å². The number of esters is 1. The smallest absolute Gasteiger partial charge is 0.306 e. The Bertz CT molecular complexity index is 555. The summed E-state index contributed by atoms with van der Waals surface area (Å²) in [6.07, 6.45) is 0.945. The Kier molecular flexibility index (Phi) is 7.80. The van der Waals surface area contributed by atoms with Crippen molar-refractivity contribution < 1.29 is 19.1 Å². The summed E-state index contributed by atoms with van der Waals surface area (Å²) in [5.41, 5.74) is 0.770. The van der Waals surface area contributed by atoms with Gasteiger partial charge in [0.25, 0.3) is 11.8 Å². The van der Waals surface area contributed by atoms with Crippen LogP contribution in [0.5, 0.6) is 0 Å². The number of nitrogens with one attached hydrogen (secondary N) is 2. The van der Waals surface area contributed by atoms with Crippen molar-refractivity contribution in [2.24, 2.45) is 5.92 Å². The lowest BCUT2D eigenvalue weighted by Gasteiger charge is -2.12. The van der Waals surface area contributed by atoms with Gasteiger partial charge in [-0.2, -0.15) is 0 Å². The lowest BCUT2D eigenvalue weighted by Crippen LogP contribution is -2.29. The van der Waals surface area contributed by atoms with Crippen molar-refractivity contribution in [2.45, 2.75) is 33.6 Å². The second-order valence-corrected chi connectivity index (χ2v) is 5.61. The van der Waals surface area contributed by atoms with Crippen molar-refractivity contribution >= 4 is 23.5 Å². The summed E-state index contributed by atoms with van der Waals surface area (Å²) in [5, 5.41) is 5.40. The van der Waals surface area contributed by atoms with Gasteiger partial charge in [0.15, 0.2) is 6.61 Å². The van der Waals surface area contributed by atoms with Crippen LogP contribution in [-0.4, -0.2) is 30.9 Å². The van der Waals surface area contributed by atoms with Crippen molar-refractivity contribution in [3.8, 4) is 0 Å². The van der Waals surface area contributed by atoms with Gasteiger partial charge in [-0.25, -0.2) is 0 Å². The molecule has 2 amide bonds. The molecule has 2 N–H and O–H groups in total. The highest BCUT2D eigenvalue weighted by molar-refractivity contribution is 6.04. The molecule has 0 radical (unpaired) electrons. The predicted octanol–water partition coefficient (Wildman–Crippen LogP) is 2.35. The van der Waals surface area contributed by atoms with Crippen LogP contribution in [0.25, 0.3) is 0 Å². The van der Waals surface area contributed by atoms with Crippen LogP contribution in [0.4, 0.5) is 5.69 Å². The van der Waals surface area contributed by atoms with E-state index in [2.05, 4.69) is 10.6 Å². The first-order valence-electron chi connectivity index (χ1n) is 7.76. The summed E-state index contributed by atoms with van der Waals surface area (Å²) in [6, 6.07) is 6.71. The van der Waals surface area contributed by atoms with Gasteiger partial charge in [0, 0.05) is 13.0 Å². The summed E-state index contributed by atoms with van der Waals surface area (Å²) in [7, 11) is 0. The molecule has 0 aliphatic rings. The molecule has 0 saturated carbocycles. The van der Waals surface area contributed by atoms with Crippen LogP contribution in [-0.2, 0) is 14.3 Å². The van der Waals surface area contributed by atoms with Crippen molar-refractivity contribution in [1.29, 1.82) is 0 Å². The Morgan fingerprint density at radius 3 is 2.52 bits per heavy atom. The van der Waals surface area contributed by atoms with E-state index < -0.39 is 11.9 Å². The normalized spacial score (nSPS) is 10.3. The molecule has 0 bridgehead atoms. The first-order chi connectivity index (χ1) is 10.9. The number of hydrogen-bond donors (Lipinski definition) is 2. The fourth-order valence-electron chi connectivity index (χ4n) is 1.79.